The van der Waals surface area contributed by atoms with Gasteiger partial charge in [-0.1, -0.05) is 12.1 Å². The molecule has 1 rings (SSSR count). The molecule has 2 unspecified atom stereocenters. The van der Waals surface area contributed by atoms with Crippen LogP contribution in [0.15, 0.2) is 24.3 Å². The van der Waals surface area contributed by atoms with E-state index in [0.29, 0.717) is 5.56 Å². The van der Waals surface area contributed by atoms with E-state index in [1.54, 1.807) is 47.7 Å². The van der Waals surface area contributed by atoms with Crippen LogP contribution in [0.5, 0.6) is 0 Å². The summed E-state index contributed by atoms with van der Waals surface area (Å²) in [7, 11) is 1.50. The minimum Gasteiger partial charge on any atom is -0.371 e. The fraction of sp³-hybridized carbons (Fsp3) is 0.357. The Balaban J connectivity index is 2.68. The number of benzene rings is 1. The SMILES string of the molecule is CNC(=O)C(NC(=O)I)C(C)OCc1cccc(C#N)c1. The second-order valence-electron chi connectivity index (χ2n) is 4.34. The lowest BCUT2D eigenvalue weighted by molar-refractivity contribution is -0.126. The molecule has 6 nitrogen and oxygen atoms in total. The molecule has 0 fully saturated rings. The van der Waals surface area contributed by atoms with Crippen molar-refractivity contribution in [2.24, 2.45) is 0 Å². The van der Waals surface area contributed by atoms with Crippen molar-refractivity contribution in [2.75, 3.05) is 7.05 Å². The number of carbonyl (C=O) groups excluding carboxylic acids is 2. The van der Waals surface area contributed by atoms with Gasteiger partial charge in [0.05, 0.1) is 24.3 Å². The summed E-state index contributed by atoms with van der Waals surface area (Å²) in [6.07, 6.45) is -0.505. The third kappa shape index (κ3) is 5.69. The maximum absolute atomic E-state index is 11.7. The molecule has 2 atom stereocenters. The van der Waals surface area contributed by atoms with Crippen LogP contribution in [0.2, 0.25) is 0 Å². The molecule has 0 aliphatic heterocycles. The molecule has 0 aliphatic carbocycles. The van der Waals surface area contributed by atoms with Gasteiger partial charge in [0, 0.05) is 29.6 Å². The van der Waals surface area contributed by atoms with Gasteiger partial charge < -0.3 is 15.4 Å². The van der Waals surface area contributed by atoms with Crippen LogP contribution in [0.3, 0.4) is 0 Å². The smallest absolute Gasteiger partial charge is 0.281 e. The number of amides is 2. The van der Waals surface area contributed by atoms with Crippen molar-refractivity contribution in [3.8, 4) is 6.07 Å². The number of nitriles is 1. The van der Waals surface area contributed by atoms with Crippen molar-refractivity contribution in [3.63, 3.8) is 0 Å². The normalized spacial score (nSPS) is 12.9. The minimum absolute atomic E-state index is 0.251. The van der Waals surface area contributed by atoms with Crippen LogP contribution in [0.1, 0.15) is 18.1 Å². The number of nitrogens with one attached hydrogen (secondary N) is 2. The Morgan fingerprint density at radius 2 is 2.19 bits per heavy atom. The third-order valence-electron chi connectivity index (χ3n) is 2.84. The van der Waals surface area contributed by atoms with Gasteiger partial charge in [-0.2, -0.15) is 5.26 Å². The van der Waals surface area contributed by atoms with Crippen LogP contribution in [0.25, 0.3) is 0 Å². The summed E-state index contributed by atoms with van der Waals surface area (Å²) in [5, 5.41) is 13.9. The molecule has 2 N–H and O–H groups in total. The molecule has 0 bridgehead atoms. The fourth-order valence-corrected chi connectivity index (χ4v) is 2.06. The molecule has 21 heavy (non-hydrogen) atoms. The zero-order valence-corrected chi connectivity index (χ0v) is 13.9. The largest absolute Gasteiger partial charge is 0.371 e. The van der Waals surface area contributed by atoms with E-state index in [4.69, 9.17) is 10.00 Å². The second kappa shape index (κ2) is 8.59. The van der Waals surface area contributed by atoms with Crippen molar-refractivity contribution < 1.29 is 14.3 Å². The van der Waals surface area contributed by atoms with Gasteiger partial charge in [-0.05, 0) is 24.6 Å². The minimum atomic E-state index is -0.765. The van der Waals surface area contributed by atoms with E-state index in [0.717, 1.165) is 5.56 Å². The predicted octanol–water partition coefficient (Wildman–Crippen LogP) is 1.72. The lowest BCUT2D eigenvalue weighted by atomic mass is 10.1. The summed E-state index contributed by atoms with van der Waals surface area (Å²) >= 11 is 1.57. The van der Waals surface area contributed by atoms with E-state index in [1.807, 2.05) is 6.07 Å². The summed E-state index contributed by atoms with van der Waals surface area (Å²) in [5.74, 6) is -0.321. The Kier molecular flexibility index (Phi) is 7.11. The van der Waals surface area contributed by atoms with E-state index in [-0.39, 0.29) is 16.4 Å². The first-order chi connectivity index (χ1) is 9.97. The standard InChI is InChI=1S/C14H16IN3O3/c1-9(12(13(19)17-2)18-14(15)20)21-8-11-5-3-4-10(6-11)7-16/h3-6,9,12H,8H2,1-2H3,(H,17,19)(H,18,20). The molecule has 0 aromatic heterocycles. The van der Waals surface area contributed by atoms with Crippen molar-refractivity contribution in [1.29, 1.82) is 5.26 Å². The summed E-state index contributed by atoms with van der Waals surface area (Å²) in [6, 6.07) is 8.32. The molecule has 0 aliphatic rings. The molecular formula is C14H16IN3O3. The predicted molar refractivity (Wildman–Crippen MR) is 85.8 cm³/mol. The fourth-order valence-electron chi connectivity index (χ4n) is 1.73. The van der Waals surface area contributed by atoms with Gasteiger partial charge in [-0.25, -0.2) is 0 Å². The second-order valence-corrected chi connectivity index (χ2v) is 5.32. The van der Waals surface area contributed by atoms with Gasteiger partial charge in [0.2, 0.25) is 5.91 Å². The summed E-state index contributed by atoms with van der Waals surface area (Å²) in [5.41, 5.74) is 1.38. The molecule has 7 heteroatoms. The van der Waals surface area contributed by atoms with Crippen LogP contribution in [-0.4, -0.2) is 29.0 Å². The van der Waals surface area contributed by atoms with Gasteiger partial charge in [-0.15, -0.1) is 0 Å². The number of carbonyl (C=O) groups is 2. The number of ether oxygens (including phenoxy) is 1. The number of rotatable bonds is 6. The van der Waals surface area contributed by atoms with Gasteiger partial charge in [-0.3, -0.25) is 9.59 Å². The van der Waals surface area contributed by atoms with E-state index in [2.05, 4.69) is 16.7 Å². The highest BCUT2D eigenvalue weighted by Gasteiger charge is 2.26. The Labute approximate surface area is 137 Å². The van der Waals surface area contributed by atoms with Crippen LogP contribution < -0.4 is 10.6 Å². The zero-order valence-electron chi connectivity index (χ0n) is 11.7. The van der Waals surface area contributed by atoms with E-state index in [9.17, 15) is 9.59 Å². The molecule has 0 saturated heterocycles. The zero-order chi connectivity index (χ0) is 15.8. The molecular weight excluding hydrogens is 385 g/mol. The maximum atomic E-state index is 11.7. The first kappa shape index (κ1) is 17.4. The topological polar surface area (TPSA) is 91.2 Å². The lowest BCUT2D eigenvalue weighted by Gasteiger charge is -2.23. The Bertz CT molecular complexity index is 557. The van der Waals surface area contributed by atoms with Crippen molar-refractivity contribution in [2.45, 2.75) is 25.7 Å². The number of hydrogen-bond acceptors (Lipinski definition) is 4. The Morgan fingerprint density at radius 3 is 2.76 bits per heavy atom. The maximum Gasteiger partial charge on any atom is 0.281 e. The summed E-state index contributed by atoms with van der Waals surface area (Å²) in [6.45, 7) is 1.96. The molecule has 112 valence electrons. The molecule has 0 spiro atoms. The summed E-state index contributed by atoms with van der Waals surface area (Å²) < 4.78 is 5.29. The highest BCUT2D eigenvalue weighted by molar-refractivity contribution is 14.1. The third-order valence-corrected chi connectivity index (χ3v) is 3.15. The average molecular weight is 401 g/mol. The van der Waals surface area contributed by atoms with Crippen LogP contribution >= 0.6 is 22.6 Å². The molecule has 1 aromatic rings. The monoisotopic (exact) mass is 401 g/mol. The van der Waals surface area contributed by atoms with Crippen molar-refractivity contribution in [1.82, 2.24) is 10.6 Å². The number of halogens is 1. The van der Waals surface area contributed by atoms with Crippen LogP contribution in [-0.2, 0) is 16.1 Å². The first-order valence-corrected chi connectivity index (χ1v) is 7.34. The van der Waals surface area contributed by atoms with E-state index in [1.165, 1.54) is 7.05 Å². The van der Waals surface area contributed by atoms with E-state index >= 15 is 0 Å². The lowest BCUT2D eigenvalue weighted by Crippen LogP contribution is -2.51. The highest BCUT2D eigenvalue weighted by atomic mass is 127. The van der Waals surface area contributed by atoms with Gasteiger partial charge >= 0.3 is 0 Å². The number of likely N-dealkylation sites (N-methyl/N-ethyl adjacent to an activating group) is 1. The van der Waals surface area contributed by atoms with Crippen molar-refractivity contribution >= 4 is 32.4 Å². The average Bonchev–Trinajstić information content (AvgIpc) is 2.49. The molecule has 0 radical (unpaired) electrons. The number of nitrogens with zero attached hydrogens (tertiary/aromatic N) is 1. The molecule has 2 amide bonds. The molecule has 1 aromatic carbocycles. The molecule has 0 heterocycles. The van der Waals surface area contributed by atoms with Gasteiger partial charge in [0.1, 0.15) is 6.04 Å². The first-order valence-electron chi connectivity index (χ1n) is 6.26. The number of hydrogen-bond donors (Lipinski definition) is 2. The van der Waals surface area contributed by atoms with E-state index < -0.39 is 12.1 Å². The summed E-state index contributed by atoms with van der Waals surface area (Å²) in [4.78, 5) is 22.9. The Morgan fingerprint density at radius 1 is 1.48 bits per heavy atom. The van der Waals surface area contributed by atoms with Crippen LogP contribution in [0.4, 0.5) is 4.79 Å². The van der Waals surface area contributed by atoms with Gasteiger partial charge in [0.25, 0.3) is 3.91 Å². The molecule has 0 saturated carbocycles. The van der Waals surface area contributed by atoms with Gasteiger partial charge in [0.15, 0.2) is 0 Å². The van der Waals surface area contributed by atoms with Crippen molar-refractivity contribution in [3.05, 3.63) is 35.4 Å². The highest BCUT2D eigenvalue weighted by Crippen LogP contribution is 2.09. The Hall–Kier alpha value is -1.66. The quantitative estimate of drug-likeness (QED) is 0.432. The van der Waals surface area contributed by atoms with Crippen LogP contribution in [0, 0.1) is 11.3 Å².